The van der Waals surface area contributed by atoms with Gasteiger partial charge in [0.2, 0.25) is 0 Å². The summed E-state index contributed by atoms with van der Waals surface area (Å²) in [6, 6.07) is 0. The minimum absolute atomic E-state index is 0. The van der Waals surface area contributed by atoms with E-state index in [9.17, 15) is 0 Å². The molecule has 0 aromatic carbocycles. The van der Waals surface area contributed by atoms with Gasteiger partial charge >= 0.3 is 0 Å². The Kier molecular flexibility index (Phi) is 6.74. The number of nitrogens with two attached hydrogens (primary N) is 1. The van der Waals surface area contributed by atoms with Crippen molar-refractivity contribution in [3.8, 4) is 0 Å². The van der Waals surface area contributed by atoms with Crippen molar-refractivity contribution in [2.24, 2.45) is 10.7 Å². The van der Waals surface area contributed by atoms with E-state index in [2.05, 4.69) is 62.2 Å². The maximum atomic E-state index is 5.82. The summed E-state index contributed by atoms with van der Waals surface area (Å²) in [7, 11) is 0. The highest BCUT2D eigenvalue weighted by Gasteiger charge is 2.17. The van der Waals surface area contributed by atoms with Crippen molar-refractivity contribution in [2.75, 3.05) is 0 Å². The molecule has 0 spiro atoms. The summed E-state index contributed by atoms with van der Waals surface area (Å²) in [5, 5.41) is 6.23. The van der Waals surface area contributed by atoms with Gasteiger partial charge in [-0.3, -0.25) is 0 Å². The Balaban J connectivity index is 0.00000324. The lowest BCUT2D eigenvalue weighted by Crippen LogP contribution is -2.44. The van der Waals surface area contributed by atoms with Gasteiger partial charge in [-0.2, -0.15) is 0 Å². The first-order chi connectivity index (χ1) is 8.08. The SMILES string of the molecule is CC(C)(C)NC(N)=NCc1nc(C(C)(C)C)cs1.I. The second-order valence-electron chi connectivity index (χ2n) is 6.45. The maximum absolute atomic E-state index is 5.82. The molecule has 0 amide bonds. The van der Waals surface area contributed by atoms with Gasteiger partial charge in [0, 0.05) is 16.3 Å². The molecular formula is C13H25IN4S. The largest absolute Gasteiger partial charge is 0.370 e. The van der Waals surface area contributed by atoms with Gasteiger partial charge in [-0.05, 0) is 20.8 Å². The van der Waals surface area contributed by atoms with Crippen LogP contribution in [-0.2, 0) is 12.0 Å². The number of hydrogen-bond acceptors (Lipinski definition) is 3. The van der Waals surface area contributed by atoms with Gasteiger partial charge in [0.05, 0.1) is 12.2 Å². The summed E-state index contributed by atoms with van der Waals surface area (Å²) in [5.41, 5.74) is 6.96. The van der Waals surface area contributed by atoms with E-state index in [0.717, 1.165) is 10.7 Å². The molecule has 19 heavy (non-hydrogen) atoms. The molecule has 0 saturated heterocycles. The molecule has 1 heterocycles. The van der Waals surface area contributed by atoms with Crippen molar-refractivity contribution in [2.45, 2.75) is 59.0 Å². The summed E-state index contributed by atoms with van der Waals surface area (Å²) in [6.07, 6.45) is 0. The van der Waals surface area contributed by atoms with Gasteiger partial charge in [-0.25, -0.2) is 9.98 Å². The predicted octanol–water partition coefficient (Wildman–Crippen LogP) is 3.26. The van der Waals surface area contributed by atoms with Crippen LogP contribution in [0.1, 0.15) is 52.2 Å². The van der Waals surface area contributed by atoms with E-state index in [1.54, 1.807) is 11.3 Å². The molecule has 0 aliphatic carbocycles. The van der Waals surface area contributed by atoms with E-state index < -0.39 is 0 Å². The summed E-state index contributed by atoms with van der Waals surface area (Å²) < 4.78 is 0. The average Bonchev–Trinajstić information content (AvgIpc) is 2.59. The molecular weight excluding hydrogens is 371 g/mol. The molecule has 0 unspecified atom stereocenters. The Morgan fingerprint density at radius 1 is 1.32 bits per heavy atom. The number of rotatable bonds is 2. The number of nitrogens with one attached hydrogen (secondary N) is 1. The molecule has 0 aliphatic heterocycles. The van der Waals surface area contributed by atoms with E-state index >= 15 is 0 Å². The Bertz CT molecular complexity index is 427. The molecule has 4 nitrogen and oxygen atoms in total. The summed E-state index contributed by atoms with van der Waals surface area (Å²) in [5.74, 6) is 0.468. The van der Waals surface area contributed by atoms with Gasteiger partial charge in [-0.1, -0.05) is 20.8 Å². The van der Waals surface area contributed by atoms with E-state index in [1.807, 2.05) is 0 Å². The number of thiazole rings is 1. The van der Waals surface area contributed by atoms with Gasteiger partial charge in [0.1, 0.15) is 5.01 Å². The predicted molar refractivity (Wildman–Crippen MR) is 94.4 cm³/mol. The molecule has 1 aromatic heterocycles. The van der Waals surface area contributed by atoms with Crippen LogP contribution in [0.2, 0.25) is 0 Å². The third kappa shape index (κ3) is 7.10. The van der Waals surface area contributed by atoms with Crippen molar-refractivity contribution in [1.82, 2.24) is 10.3 Å². The Morgan fingerprint density at radius 2 is 1.89 bits per heavy atom. The molecule has 0 saturated carbocycles. The second kappa shape index (κ2) is 6.88. The molecule has 0 bridgehead atoms. The smallest absolute Gasteiger partial charge is 0.189 e. The molecule has 0 atom stereocenters. The topological polar surface area (TPSA) is 63.3 Å². The lowest BCUT2D eigenvalue weighted by molar-refractivity contribution is 0.508. The fourth-order valence-electron chi connectivity index (χ4n) is 1.30. The van der Waals surface area contributed by atoms with Crippen LogP contribution in [0.15, 0.2) is 10.4 Å². The molecule has 1 rings (SSSR count). The average molecular weight is 396 g/mol. The summed E-state index contributed by atoms with van der Waals surface area (Å²) in [4.78, 5) is 8.88. The fraction of sp³-hybridized carbons (Fsp3) is 0.692. The number of aromatic nitrogens is 1. The minimum atomic E-state index is -0.0625. The van der Waals surface area contributed by atoms with Crippen LogP contribution < -0.4 is 11.1 Å². The van der Waals surface area contributed by atoms with Crippen LogP contribution in [-0.4, -0.2) is 16.5 Å². The molecule has 0 radical (unpaired) electrons. The van der Waals surface area contributed by atoms with Crippen molar-refractivity contribution >= 4 is 41.3 Å². The van der Waals surface area contributed by atoms with Crippen molar-refractivity contribution < 1.29 is 0 Å². The zero-order valence-electron chi connectivity index (χ0n) is 12.6. The van der Waals surface area contributed by atoms with Crippen LogP contribution in [0.25, 0.3) is 0 Å². The highest BCUT2D eigenvalue weighted by atomic mass is 127. The quantitative estimate of drug-likeness (QED) is 0.458. The molecule has 0 aliphatic rings. The second-order valence-corrected chi connectivity index (χ2v) is 7.40. The number of halogens is 1. The van der Waals surface area contributed by atoms with E-state index in [1.165, 1.54) is 0 Å². The van der Waals surface area contributed by atoms with E-state index in [-0.39, 0.29) is 34.9 Å². The standard InChI is InChI=1S/C13H24N4S.HI/c1-12(2,3)9-8-18-10(16-9)7-15-11(14)17-13(4,5)6;/h8H,7H2,1-6H3,(H3,14,15,17);1H. The number of guanidine groups is 1. The third-order valence-electron chi connectivity index (χ3n) is 2.21. The first-order valence-corrected chi connectivity index (χ1v) is 6.99. The van der Waals surface area contributed by atoms with Crippen LogP contribution in [0, 0.1) is 0 Å². The Hall–Kier alpha value is -0.370. The Labute approximate surface area is 137 Å². The lowest BCUT2D eigenvalue weighted by atomic mass is 9.93. The molecule has 1 aromatic rings. The third-order valence-corrected chi connectivity index (χ3v) is 3.04. The van der Waals surface area contributed by atoms with Crippen molar-refractivity contribution in [3.05, 3.63) is 16.1 Å². The number of hydrogen-bond donors (Lipinski definition) is 2. The lowest BCUT2D eigenvalue weighted by Gasteiger charge is -2.20. The van der Waals surface area contributed by atoms with Crippen molar-refractivity contribution in [3.63, 3.8) is 0 Å². The highest BCUT2D eigenvalue weighted by Crippen LogP contribution is 2.24. The molecule has 110 valence electrons. The van der Waals surface area contributed by atoms with Gasteiger partial charge < -0.3 is 11.1 Å². The zero-order chi connectivity index (χ0) is 14.0. The fourth-order valence-corrected chi connectivity index (χ4v) is 2.25. The van der Waals surface area contributed by atoms with Crippen molar-refractivity contribution in [1.29, 1.82) is 0 Å². The van der Waals surface area contributed by atoms with E-state index in [0.29, 0.717) is 12.5 Å². The van der Waals surface area contributed by atoms with Crippen LogP contribution in [0.5, 0.6) is 0 Å². The van der Waals surface area contributed by atoms with Crippen LogP contribution in [0.4, 0.5) is 0 Å². The highest BCUT2D eigenvalue weighted by molar-refractivity contribution is 14.0. The summed E-state index contributed by atoms with van der Waals surface area (Å²) in [6.45, 7) is 13.2. The first-order valence-electron chi connectivity index (χ1n) is 6.11. The molecule has 0 fully saturated rings. The van der Waals surface area contributed by atoms with Gasteiger partial charge in [0.25, 0.3) is 0 Å². The Morgan fingerprint density at radius 3 is 2.32 bits per heavy atom. The minimum Gasteiger partial charge on any atom is -0.370 e. The monoisotopic (exact) mass is 396 g/mol. The van der Waals surface area contributed by atoms with Crippen LogP contribution >= 0.6 is 35.3 Å². The molecule has 6 heteroatoms. The maximum Gasteiger partial charge on any atom is 0.189 e. The van der Waals surface area contributed by atoms with E-state index in [4.69, 9.17) is 5.73 Å². The number of nitrogens with zero attached hydrogens (tertiary/aromatic N) is 2. The number of aliphatic imine (C=N–C) groups is 1. The van der Waals surface area contributed by atoms with Gasteiger partial charge in [-0.15, -0.1) is 35.3 Å². The van der Waals surface area contributed by atoms with Gasteiger partial charge in [0.15, 0.2) is 5.96 Å². The normalized spacial score (nSPS) is 13.1. The first kappa shape index (κ1) is 18.6. The van der Waals surface area contributed by atoms with Crippen LogP contribution in [0.3, 0.4) is 0 Å². The zero-order valence-corrected chi connectivity index (χ0v) is 15.7. The summed E-state index contributed by atoms with van der Waals surface area (Å²) >= 11 is 1.63. The molecule has 3 N–H and O–H groups in total.